The number of aromatic amines is 1. The molecule has 1 saturated carbocycles. The number of H-pyrrole nitrogens is 1. The monoisotopic (exact) mass is 381 g/mol. The van der Waals surface area contributed by atoms with Crippen molar-refractivity contribution in [1.29, 1.82) is 0 Å². The van der Waals surface area contributed by atoms with Gasteiger partial charge in [0.2, 0.25) is 16.9 Å². The third kappa shape index (κ3) is 3.10. The quantitative estimate of drug-likeness (QED) is 0.711. The largest absolute Gasteiger partial charge is 0.361 e. The maximum Gasteiger partial charge on any atom is 0.249 e. The topological polar surface area (TPSA) is 91.0 Å². The average molecular weight is 381 g/mol. The standard InChI is InChI=1S/C19H19N5O2S/c25-16-8-7-15(17(26)21-19-23-22-18(27-19)11-5-6-11)24(16)10-12-9-20-14-4-2-1-3-13(12)14/h1-4,9,11,15,20H,5-8,10H2,(H,21,23,26). The summed E-state index contributed by atoms with van der Waals surface area (Å²) in [6, 6.07) is 7.50. The number of rotatable bonds is 5. The molecule has 138 valence electrons. The number of benzene rings is 1. The molecular formula is C19H19N5O2S. The molecule has 2 aromatic heterocycles. The van der Waals surface area contributed by atoms with Crippen molar-refractivity contribution >= 4 is 39.2 Å². The molecule has 1 saturated heterocycles. The minimum Gasteiger partial charge on any atom is -0.361 e. The Bertz CT molecular complexity index is 1020. The predicted octanol–water partition coefficient (Wildman–Crippen LogP) is 3.03. The van der Waals surface area contributed by atoms with Gasteiger partial charge in [-0.1, -0.05) is 29.5 Å². The number of amides is 2. The number of anilines is 1. The molecule has 1 unspecified atom stereocenters. The zero-order valence-corrected chi connectivity index (χ0v) is 15.5. The number of aromatic nitrogens is 3. The van der Waals surface area contributed by atoms with Crippen LogP contribution in [0.15, 0.2) is 30.5 Å². The van der Waals surface area contributed by atoms with Gasteiger partial charge in [0, 0.05) is 36.0 Å². The summed E-state index contributed by atoms with van der Waals surface area (Å²) < 4.78 is 0. The van der Waals surface area contributed by atoms with Crippen LogP contribution in [0.4, 0.5) is 5.13 Å². The van der Waals surface area contributed by atoms with Crippen LogP contribution < -0.4 is 5.32 Å². The lowest BCUT2D eigenvalue weighted by Gasteiger charge is -2.23. The van der Waals surface area contributed by atoms with Crippen LogP contribution in [-0.2, 0) is 16.1 Å². The van der Waals surface area contributed by atoms with Crippen molar-refractivity contribution < 1.29 is 9.59 Å². The molecule has 3 heterocycles. The summed E-state index contributed by atoms with van der Waals surface area (Å²) in [6.45, 7) is 0.421. The van der Waals surface area contributed by atoms with Gasteiger partial charge in [-0.3, -0.25) is 14.9 Å². The van der Waals surface area contributed by atoms with Crippen molar-refractivity contribution in [3.8, 4) is 0 Å². The molecule has 1 aliphatic heterocycles. The number of hydrogen-bond donors (Lipinski definition) is 2. The van der Waals surface area contributed by atoms with Gasteiger partial charge in [-0.05, 0) is 30.9 Å². The highest BCUT2D eigenvalue weighted by Gasteiger charge is 2.37. The maximum absolute atomic E-state index is 12.8. The lowest BCUT2D eigenvalue weighted by atomic mass is 10.1. The number of likely N-dealkylation sites (tertiary alicyclic amines) is 1. The number of fused-ring (bicyclic) bond motifs is 1. The molecule has 2 amide bonds. The molecule has 1 aliphatic carbocycles. The van der Waals surface area contributed by atoms with Crippen molar-refractivity contribution in [1.82, 2.24) is 20.1 Å². The lowest BCUT2D eigenvalue weighted by Crippen LogP contribution is -2.41. The van der Waals surface area contributed by atoms with Gasteiger partial charge in [-0.25, -0.2) is 0 Å². The van der Waals surface area contributed by atoms with Crippen LogP contribution in [0, 0.1) is 0 Å². The van der Waals surface area contributed by atoms with Crippen LogP contribution in [0.5, 0.6) is 0 Å². The van der Waals surface area contributed by atoms with Crippen molar-refractivity contribution in [2.45, 2.75) is 44.2 Å². The van der Waals surface area contributed by atoms with Crippen molar-refractivity contribution in [3.63, 3.8) is 0 Å². The number of nitrogens with zero attached hydrogens (tertiary/aromatic N) is 3. The summed E-state index contributed by atoms with van der Waals surface area (Å²) in [5.41, 5.74) is 2.05. The predicted molar refractivity (Wildman–Crippen MR) is 102 cm³/mol. The number of nitrogens with one attached hydrogen (secondary N) is 2. The third-order valence-electron chi connectivity index (χ3n) is 5.24. The first-order valence-corrected chi connectivity index (χ1v) is 9.99. The minimum absolute atomic E-state index is 0.0105. The van der Waals surface area contributed by atoms with E-state index in [0.717, 1.165) is 34.3 Å². The van der Waals surface area contributed by atoms with Crippen LogP contribution in [0.3, 0.4) is 0 Å². The van der Waals surface area contributed by atoms with Gasteiger partial charge < -0.3 is 9.88 Å². The minimum atomic E-state index is -0.473. The molecule has 2 aliphatic rings. The molecule has 5 rings (SSSR count). The molecule has 27 heavy (non-hydrogen) atoms. The Balaban J connectivity index is 1.33. The zero-order valence-electron chi connectivity index (χ0n) is 14.6. The second-order valence-corrected chi connectivity index (χ2v) is 8.15. The van der Waals surface area contributed by atoms with E-state index >= 15 is 0 Å². The zero-order chi connectivity index (χ0) is 18.4. The fourth-order valence-corrected chi connectivity index (χ4v) is 4.53. The van der Waals surface area contributed by atoms with E-state index in [1.165, 1.54) is 11.3 Å². The number of carbonyl (C=O) groups is 2. The molecule has 1 aromatic carbocycles. The van der Waals surface area contributed by atoms with Crippen molar-refractivity contribution in [2.75, 3.05) is 5.32 Å². The molecule has 3 aromatic rings. The van der Waals surface area contributed by atoms with E-state index in [1.54, 1.807) is 4.90 Å². The highest BCUT2D eigenvalue weighted by molar-refractivity contribution is 7.15. The van der Waals surface area contributed by atoms with E-state index in [9.17, 15) is 9.59 Å². The Kier molecular flexibility index (Phi) is 3.93. The molecule has 2 fully saturated rings. The Morgan fingerprint density at radius 3 is 2.96 bits per heavy atom. The van der Waals surface area contributed by atoms with Gasteiger partial charge in [0.15, 0.2) is 0 Å². The van der Waals surface area contributed by atoms with E-state index in [-0.39, 0.29) is 11.8 Å². The second kappa shape index (κ2) is 6.45. The van der Waals surface area contributed by atoms with Gasteiger partial charge >= 0.3 is 0 Å². The molecule has 0 spiro atoms. The Morgan fingerprint density at radius 1 is 1.26 bits per heavy atom. The summed E-state index contributed by atoms with van der Waals surface area (Å²) >= 11 is 1.44. The number of para-hydroxylation sites is 1. The van der Waals surface area contributed by atoms with Gasteiger partial charge in [-0.15, -0.1) is 10.2 Å². The summed E-state index contributed by atoms with van der Waals surface area (Å²) in [7, 11) is 0. The number of hydrogen-bond acceptors (Lipinski definition) is 5. The van der Waals surface area contributed by atoms with Crippen molar-refractivity contribution in [2.24, 2.45) is 0 Å². The molecule has 8 heteroatoms. The van der Waals surface area contributed by atoms with E-state index in [4.69, 9.17) is 0 Å². The Morgan fingerprint density at radius 2 is 2.11 bits per heavy atom. The molecule has 0 bridgehead atoms. The molecule has 1 atom stereocenters. The molecule has 7 nitrogen and oxygen atoms in total. The average Bonchev–Trinajstić information content (AvgIpc) is 3.11. The van der Waals surface area contributed by atoms with Crippen LogP contribution >= 0.6 is 11.3 Å². The first-order valence-electron chi connectivity index (χ1n) is 9.18. The van der Waals surface area contributed by atoms with E-state index in [0.29, 0.717) is 30.4 Å². The maximum atomic E-state index is 12.8. The van der Waals surface area contributed by atoms with Crippen LogP contribution in [-0.4, -0.2) is 37.9 Å². The fourth-order valence-electron chi connectivity index (χ4n) is 3.62. The highest BCUT2D eigenvalue weighted by Crippen LogP contribution is 2.42. The first kappa shape index (κ1) is 16.4. The van der Waals surface area contributed by atoms with E-state index in [2.05, 4.69) is 20.5 Å². The summed E-state index contributed by atoms with van der Waals surface area (Å²) in [6.07, 6.45) is 5.14. The highest BCUT2D eigenvalue weighted by atomic mass is 32.1. The van der Waals surface area contributed by atoms with Crippen LogP contribution in [0.1, 0.15) is 42.2 Å². The summed E-state index contributed by atoms with van der Waals surface area (Å²) in [5.74, 6) is 0.343. The smallest absolute Gasteiger partial charge is 0.249 e. The Labute approximate surface area is 159 Å². The van der Waals surface area contributed by atoms with Crippen LogP contribution in [0.25, 0.3) is 10.9 Å². The normalized spacial score (nSPS) is 19.8. The van der Waals surface area contributed by atoms with Crippen molar-refractivity contribution in [3.05, 3.63) is 41.0 Å². The second-order valence-electron chi connectivity index (χ2n) is 7.14. The summed E-state index contributed by atoms with van der Waals surface area (Å²) in [5, 5.41) is 13.7. The van der Waals surface area contributed by atoms with E-state index in [1.807, 2.05) is 30.5 Å². The third-order valence-corrected chi connectivity index (χ3v) is 6.24. The molecular weight excluding hydrogens is 362 g/mol. The van der Waals surface area contributed by atoms with Gasteiger partial charge in [0.05, 0.1) is 0 Å². The number of carbonyl (C=O) groups excluding carboxylic acids is 2. The van der Waals surface area contributed by atoms with Gasteiger partial charge in [0.1, 0.15) is 11.0 Å². The SMILES string of the molecule is O=C(Nc1nnc(C2CC2)s1)C1CCC(=O)N1Cc1c[nH]c2ccccc12. The lowest BCUT2D eigenvalue weighted by molar-refractivity contribution is -0.133. The van der Waals surface area contributed by atoms with Crippen LogP contribution in [0.2, 0.25) is 0 Å². The van der Waals surface area contributed by atoms with E-state index < -0.39 is 6.04 Å². The van der Waals surface area contributed by atoms with Gasteiger partial charge in [0.25, 0.3) is 0 Å². The molecule has 0 radical (unpaired) electrons. The molecule has 2 N–H and O–H groups in total. The Hall–Kier alpha value is -2.74. The fraction of sp³-hybridized carbons (Fsp3) is 0.368. The van der Waals surface area contributed by atoms with Gasteiger partial charge in [-0.2, -0.15) is 0 Å². The first-order chi connectivity index (χ1) is 13.2. The summed E-state index contributed by atoms with van der Waals surface area (Å²) in [4.78, 5) is 30.1.